The van der Waals surface area contributed by atoms with E-state index in [0.717, 1.165) is 10.6 Å². The summed E-state index contributed by atoms with van der Waals surface area (Å²) in [6.07, 6.45) is 1.29. The van der Waals surface area contributed by atoms with E-state index in [4.69, 9.17) is 5.11 Å². The molecule has 1 aromatic heterocycles. The Bertz CT molecular complexity index is 791. The summed E-state index contributed by atoms with van der Waals surface area (Å²) in [4.78, 5) is 25.1. The molecule has 1 aliphatic rings. The maximum Gasteiger partial charge on any atom is 0.323 e. The second-order valence-corrected chi connectivity index (χ2v) is 7.93. The van der Waals surface area contributed by atoms with Gasteiger partial charge in [-0.05, 0) is 32.3 Å². The first-order valence-electron chi connectivity index (χ1n) is 8.56. The van der Waals surface area contributed by atoms with Gasteiger partial charge in [-0.15, -0.1) is 10.2 Å². The largest absolute Gasteiger partial charge is 0.481 e. The van der Waals surface area contributed by atoms with Crippen LogP contribution in [0.3, 0.4) is 0 Å². The first-order chi connectivity index (χ1) is 12.4. The lowest BCUT2D eigenvalue weighted by Crippen LogP contribution is -2.44. The number of hydrogen-bond donors (Lipinski definition) is 2. The fourth-order valence-electron chi connectivity index (χ4n) is 3.04. The fraction of sp³-hybridized carbons (Fsp3) is 0.444. The van der Waals surface area contributed by atoms with Crippen molar-refractivity contribution in [2.75, 3.05) is 18.4 Å². The molecule has 8 heteroatoms. The molecule has 0 radical (unpaired) electrons. The van der Waals surface area contributed by atoms with E-state index in [1.807, 2.05) is 30.3 Å². The number of amides is 2. The molecule has 7 nitrogen and oxygen atoms in total. The number of anilines is 1. The van der Waals surface area contributed by atoms with Gasteiger partial charge in [-0.1, -0.05) is 41.7 Å². The van der Waals surface area contributed by atoms with E-state index >= 15 is 0 Å². The van der Waals surface area contributed by atoms with E-state index in [2.05, 4.69) is 29.4 Å². The minimum atomic E-state index is -0.856. The third kappa shape index (κ3) is 3.85. The van der Waals surface area contributed by atoms with Crippen molar-refractivity contribution >= 4 is 28.5 Å². The zero-order valence-electron chi connectivity index (χ0n) is 14.8. The van der Waals surface area contributed by atoms with Gasteiger partial charge in [0, 0.05) is 18.5 Å². The zero-order valence-corrected chi connectivity index (χ0v) is 15.6. The lowest BCUT2D eigenvalue weighted by atomic mass is 9.85. The number of carbonyl (C=O) groups excluding carboxylic acids is 1. The highest BCUT2D eigenvalue weighted by atomic mass is 32.1. The molecule has 2 aromatic rings. The smallest absolute Gasteiger partial charge is 0.323 e. The first-order valence-corrected chi connectivity index (χ1v) is 9.38. The van der Waals surface area contributed by atoms with Gasteiger partial charge in [0.25, 0.3) is 0 Å². The molecule has 3 rings (SSSR count). The van der Waals surface area contributed by atoms with E-state index in [9.17, 15) is 9.59 Å². The Morgan fingerprint density at radius 3 is 2.69 bits per heavy atom. The summed E-state index contributed by atoms with van der Waals surface area (Å²) in [6, 6.07) is 9.69. The van der Waals surface area contributed by atoms with Gasteiger partial charge >= 0.3 is 12.0 Å². The average Bonchev–Trinajstić information content (AvgIpc) is 3.12. The molecule has 0 bridgehead atoms. The number of rotatable bonds is 4. The molecule has 2 amide bonds. The van der Waals surface area contributed by atoms with Crippen molar-refractivity contribution in [2.24, 2.45) is 5.92 Å². The highest BCUT2D eigenvalue weighted by Gasteiger charge is 2.30. The summed E-state index contributed by atoms with van der Waals surface area (Å²) in [5.41, 5.74) is 0.802. The van der Waals surface area contributed by atoms with Crippen molar-refractivity contribution in [3.63, 3.8) is 0 Å². The van der Waals surface area contributed by atoms with Gasteiger partial charge < -0.3 is 10.0 Å². The molecule has 1 saturated heterocycles. The van der Waals surface area contributed by atoms with Crippen molar-refractivity contribution in [3.05, 3.63) is 40.9 Å². The van der Waals surface area contributed by atoms with Gasteiger partial charge in [-0.2, -0.15) is 0 Å². The van der Waals surface area contributed by atoms with Crippen LogP contribution in [-0.2, 0) is 10.2 Å². The molecular weight excluding hydrogens is 352 g/mol. The Kier molecular flexibility index (Phi) is 5.22. The Balaban J connectivity index is 1.68. The number of carbonyl (C=O) groups is 2. The van der Waals surface area contributed by atoms with Crippen molar-refractivity contribution in [1.29, 1.82) is 0 Å². The monoisotopic (exact) mass is 374 g/mol. The van der Waals surface area contributed by atoms with Crippen LogP contribution >= 0.6 is 11.3 Å². The van der Waals surface area contributed by atoms with Crippen molar-refractivity contribution in [3.8, 4) is 0 Å². The lowest BCUT2D eigenvalue weighted by Gasteiger charge is -2.30. The Hall–Kier alpha value is -2.48. The number of likely N-dealkylation sites (tertiary alicyclic amines) is 1. The van der Waals surface area contributed by atoms with Crippen LogP contribution in [0.1, 0.15) is 37.3 Å². The Labute approximate surface area is 156 Å². The van der Waals surface area contributed by atoms with Gasteiger partial charge in [0.2, 0.25) is 5.13 Å². The number of benzene rings is 1. The number of carboxylic acid groups (broad SMARTS) is 1. The number of aromatic nitrogens is 2. The van der Waals surface area contributed by atoms with Crippen LogP contribution in [0.2, 0.25) is 0 Å². The SMILES string of the molecule is CC(C)(c1ccccc1)c1nnc(NC(=O)N2CCCC(C(=O)O)C2)s1. The lowest BCUT2D eigenvalue weighted by molar-refractivity contribution is -0.143. The van der Waals surface area contributed by atoms with Crippen LogP contribution in [-0.4, -0.2) is 45.3 Å². The number of urea groups is 1. The summed E-state index contributed by atoms with van der Waals surface area (Å²) in [5.74, 6) is -1.36. The first kappa shape index (κ1) is 18.3. The normalized spacial score (nSPS) is 17.8. The molecule has 1 fully saturated rings. The summed E-state index contributed by atoms with van der Waals surface area (Å²) in [6.45, 7) is 4.91. The summed E-state index contributed by atoms with van der Waals surface area (Å²) >= 11 is 1.34. The molecule has 1 aromatic carbocycles. The molecule has 2 heterocycles. The standard InChI is InChI=1S/C18H22N4O3S/c1-18(2,13-8-4-3-5-9-13)15-20-21-16(26-15)19-17(25)22-10-6-7-12(11-22)14(23)24/h3-5,8-9,12H,6-7,10-11H2,1-2H3,(H,23,24)(H,19,21,25). The average molecular weight is 374 g/mol. The highest BCUT2D eigenvalue weighted by molar-refractivity contribution is 7.15. The van der Waals surface area contributed by atoms with Gasteiger partial charge in [0.05, 0.1) is 5.92 Å². The molecule has 138 valence electrons. The van der Waals surface area contributed by atoms with Crippen molar-refractivity contribution in [2.45, 2.75) is 32.1 Å². The summed E-state index contributed by atoms with van der Waals surface area (Å²) < 4.78 is 0. The maximum atomic E-state index is 12.4. The second kappa shape index (κ2) is 7.41. The summed E-state index contributed by atoms with van der Waals surface area (Å²) in [7, 11) is 0. The fourth-order valence-corrected chi connectivity index (χ4v) is 3.90. The van der Waals surface area contributed by atoms with Gasteiger partial charge in [-0.3, -0.25) is 10.1 Å². The quantitative estimate of drug-likeness (QED) is 0.857. The molecule has 0 aliphatic carbocycles. The predicted octanol–water partition coefficient (Wildman–Crippen LogP) is 3.19. The molecule has 1 aliphatic heterocycles. The van der Waals surface area contributed by atoms with Crippen LogP contribution in [0, 0.1) is 5.92 Å². The van der Waals surface area contributed by atoms with Crippen LogP contribution in [0.15, 0.2) is 30.3 Å². The Morgan fingerprint density at radius 1 is 1.27 bits per heavy atom. The third-order valence-electron chi connectivity index (χ3n) is 4.73. The number of aliphatic carboxylic acids is 1. The van der Waals surface area contributed by atoms with E-state index in [1.165, 1.54) is 16.2 Å². The summed E-state index contributed by atoms with van der Waals surface area (Å²) in [5, 5.41) is 21.5. The maximum absolute atomic E-state index is 12.4. The van der Waals surface area contributed by atoms with Gasteiger partial charge in [0.15, 0.2) is 0 Å². The Morgan fingerprint density at radius 2 is 2.00 bits per heavy atom. The van der Waals surface area contributed by atoms with E-state index in [1.54, 1.807) is 0 Å². The van der Waals surface area contributed by atoms with Crippen molar-refractivity contribution in [1.82, 2.24) is 15.1 Å². The topological polar surface area (TPSA) is 95.4 Å². The number of nitrogens with one attached hydrogen (secondary N) is 1. The van der Waals surface area contributed by atoms with Gasteiger partial charge in [-0.25, -0.2) is 4.79 Å². The molecule has 0 saturated carbocycles. The molecule has 26 heavy (non-hydrogen) atoms. The molecule has 0 spiro atoms. The third-order valence-corrected chi connectivity index (χ3v) is 5.89. The number of piperidine rings is 1. The number of nitrogens with zero attached hydrogens (tertiary/aromatic N) is 3. The second-order valence-electron chi connectivity index (χ2n) is 6.96. The molecule has 1 atom stereocenters. The van der Waals surface area contributed by atoms with E-state index < -0.39 is 11.9 Å². The highest BCUT2D eigenvalue weighted by Crippen LogP contribution is 2.34. The van der Waals surface area contributed by atoms with Gasteiger partial charge in [0.1, 0.15) is 5.01 Å². The van der Waals surface area contributed by atoms with Crippen LogP contribution in [0.4, 0.5) is 9.93 Å². The minimum Gasteiger partial charge on any atom is -0.481 e. The number of carboxylic acids is 1. The molecular formula is C18H22N4O3S. The molecule has 1 unspecified atom stereocenters. The van der Waals surface area contributed by atoms with E-state index in [-0.39, 0.29) is 18.0 Å². The number of hydrogen-bond acceptors (Lipinski definition) is 5. The zero-order chi connectivity index (χ0) is 18.7. The van der Waals surface area contributed by atoms with E-state index in [0.29, 0.717) is 24.5 Å². The van der Waals surface area contributed by atoms with Crippen LogP contribution in [0.5, 0.6) is 0 Å². The predicted molar refractivity (Wildman–Crippen MR) is 99.4 cm³/mol. The van der Waals surface area contributed by atoms with Crippen LogP contribution < -0.4 is 5.32 Å². The minimum absolute atomic E-state index is 0.225. The van der Waals surface area contributed by atoms with Crippen molar-refractivity contribution < 1.29 is 14.7 Å². The molecule has 2 N–H and O–H groups in total. The van der Waals surface area contributed by atoms with Crippen LogP contribution in [0.25, 0.3) is 0 Å².